The minimum absolute atomic E-state index is 0.0618. The Labute approximate surface area is 177 Å². The molecule has 7 nitrogen and oxygen atoms in total. The molecule has 0 fully saturated rings. The number of hydrogen-bond acceptors (Lipinski definition) is 4. The Balaban J connectivity index is 1.78. The molecule has 0 saturated carbocycles. The number of halogens is 2. The van der Waals surface area contributed by atoms with Gasteiger partial charge in [-0.25, -0.2) is 8.78 Å². The van der Waals surface area contributed by atoms with Crippen LogP contribution in [0, 0.1) is 11.6 Å². The van der Waals surface area contributed by atoms with Gasteiger partial charge < -0.3 is 19.5 Å². The molecule has 3 heterocycles. The molecule has 1 aromatic heterocycles. The van der Waals surface area contributed by atoms with Crippen molar-refractivity contribution in [2.75, 3.05) is 20.2 Å². The van der Waals surface area contributed by atoms with E-state index in [0.717, 1.165) is 12.1 Å². The number of nitrogens with zero attached hydrogens (tertiary/aromatic N) is 2. The van der Waals surface area contributed by atoms with Crippen molar-refractivity contribution in [3.05, 3.63) is 62.6 Å². The fourth-order valence-electron chi connectivity index (χ4n) is 4.63. The van der Waals surface area contributed by atoms with Gasteiger partial charge in [-0.1, -0.05) is 13.0 Å². The quantitative estimate of drug-likeness (QED) is 0.789. The molecular weight excluding hydrogens is 408 g/mol. The minimum atomic E-state index is -0.789. The van der Waals surface area contributed by atoms with Crippen LogP contribution < -0.4 is 15.5 Å². The van der Waals surface area contributed by atoms with Gasteiger partial charge in [0.15, 0.2) is 11.4 Å². The van der Waals surface area contributed by atoms with Crippen LogP contribution in [0.4, 0.5) is 8.78 Å². The second kappa shape index (κ2) is 7.79. The van der Waals surface area contributed by atoms with Gasteiger partial charge in [0.05, 0.1) is 13.2 Å². The average molecular weight is 431 g/mol. The van der Waals surface area contributed by atoms with Crippen LogP contribution in [0.3, 0.4) is 0 Å². The van der Waals surface area contributed by atoms with E-state index in [1.807, 2.05) is 13.8 Å². The van der Waals surface area contributed by atoms with Crippen molar-refractivity contribution in [1.29, 1.82) is 0 Å². The first-order valence-electron chi connectivity index (χ1n) is 10.2. The van der Waals surface area contributed by atoms with Crippen molar-refractivity contribution in [1.82, 2.24) is 14.8 Å². The summed E-state index contributed by atoms with van der Waals surface area (Å²) in [4.78, 5) is 40.9. The highest BCUT2D eigenvalue weighted by atomic mass is 19.1. The van der Waals surface area contributed by atoms with Crippen molar-refractivity contribution in [2.24, 2.45) is 0 Å². The first kappa shape index (κ1) is 21.0. The fourth-order valence-corrected chi connectivity index (χ4v) is 4.63. The number of benzene rings is 1. The van der Waals surface area contributed by atoms with Gasteiger partial charge >= 0.3 is 0 Å². The molecule has 2 aliphatic rings. The second-order valence-corrected chi connectivity index (χ2v) is 7.89. The van der Waals surface area contributed by atoms with Crippen molar-refractivity contribution >= 4 is 11.8 Å². The molecule has 31 heavy (non-hydrogen) atoms. The molecule has 0 bridgehead atoms. The number of amides is 2. The molecule has 2 aliphatic heterocycles. The van der Waals surface area contributed by atoms with Crippen molar-refractivity contribution in [3.63, 3.8) is 0 Å². The van der Waals surface area contributed by atoms with Gasteiger partial charge in [0.25, 0.3) is 11.8 Å². The Hall–Kier alpha value is -3.23. The molecule has 0 spiro atoms. The number of carbonyl (C=O) groups excluding carboxylic acids is 2. The Morgan fingerprint density at radius 3 is 2.68 bits per heavy atom. The van der Waals surface area contributed by atoms with Crippen LogP contribution >= 0.6 is 0 Å². The van der Waals surface area contributed by atoms with E-state index in [4.69, 9.17) is 4.74 Å². The van der Waals surface area contributed by atoms with Gasteiger partial charge in [0.2, 0.25) is 5.43 Å². The number of likely N-dealkylation sites (N-methyl/N-ethyl adjacent to an activating group) is 1. The number of nitrogens with one attached hydrogen (secondary N) is 1. The molecule has 2 unspecified atom stereocenters. The zero-order chi connectivity index (χ0) is 22.4. The van der Waals surface area contributed by atoms with Crippen LogP contribution in [-0.4, -0.2) is 41.5 Å². The predicted octanol–water partition coefficient (Wildman–Crippen LogP) is 2.59. The number of aromatic nitrogens is 1. The summed E-state index contributed by atoms with van der Waals surface area (Å²) >= 11 is 0. The molecule has 2 aromatic rings. The van der Waals surface area contributed by atoms with E-state index in [1.54, 1.807) is 9.47 Å². The van der Waals surface area contributed by atoms with E-state index in [0.29, 0.717) is 25.2 Å². The topological polar surface area (TPSA) is 80.6 Å². The van der Waals surface area contributed by atoms with Crippen LogP contribution in [0.5, 0.6) is 5.75 Å². The number of carbonyl (C=O) groups is 2. The number of ether oxygens (including phenoxy) is 1. The lowest BCUT2D eigenvalue weighted by Gasteiger charge is -2.34. The molecule has 0 radical (unpaired) electrons. The molecule has 2 amide bonds. The van der Waals surface area contributed by atoms with Gasteiger partial charge in [-0.3, -0.25) is 14.4 Å². The van der Waals surface area contributed by atoms with Crippen LogP contribution in [0.2, 0.25) is 0 Å². The van der Waals surface area contributed by atoms with Crippen LogP contribution in [0.25, 0.3) is 0 Å². The summed E-state index contributed by atoms with van der Waals surface area (Å²) in [5.74, 6) is -2.79. The number of methoxy groups -OCH3 is 1. The molecule has 9 heteroatoms. The average Bonchev–Trinajstić information content (AvgIpc) is 3.05. The highest BCUT2D eigenvalue weighted by Crippen LogP contribution is 2.43. The second-order valence-electron chi connectivity index (χ2n) is 7.89. The van der Waals surface area contributed by atoms with E-state index in [-0.39, 0.29) is 47.0 Å². The molecule has 1 N–H and O–H groups in total. The van der Waals surface area contributed by atoms with Gasteiger partial charge in [0, 0.05) is 37.0 Å². The summed E-state index contributed by atoms with van der Waals surface area (Å²) in [7, 11) is 1.29. The lowest BCUT2D eigenvalue weighted by molar-refractivity contribution is 0.0675. The van der Waals surface area contributed by atoms with Gasteiger partial charge in [0.1, 0.15) is 17.2 Å². The van der Waals surface area contributed by atoms with Crippen LogP contribution in [0.15, 0.2) is 23.0 Å². The van der Waals surface area contributed by atoms with E-state index < -0.39 is 23.0 Å². The number of hydrogen-bond donors (Lipinski definition) is 1. The Morgan fingerprint density at radius 2 is 2.03 bits per heavy atom. The summed E-state index contributed by atoms with van der Waals surface area (Å²) in [5, 5.41) is 2.55. The molecule has 0 saturated heterocycles. The Bertz CT molecular complexity index is 1140. The number of rotatable bonds is 5. The van der Waals surface area contributed by atoms with Gasteiger partial charge in [-0.2, -0.15) is 0 Å². The normalized spacial score (nSPS) is 19.4. The molecule has 1 aromatic carbocycles. The van der Waals surface area contributed by atoms with E-state index in [2.05, 4.69) is 5.32 Å². The highest BCUT2D eigenvalue weighted by molar-refractivity contribution is 6.00. The summed E-state index contributed by atoms with van der Waals surface area (Å²) in [6.45, 7) is 4.56. The predicted molar refractivity (Wildman–Crippen MR) is 108 cm³/mol. The maximum atomic E-state index is 13.9. The Kier molecular flexibility index (Phi) is 5.28. The first-order chi connectivity index (χ1) is 14.8. The maximum absolute atomic E-state index is 13.9. The van der Waals surface area contributed by atoms with Crippen molar-refractivity contribution < 1.29 is 23.1 Å². The van der Waals surface area contributed by atoms with E-state index >= 15 is 0 Å². The third-order valence-electron chi connectivity index (χ3n) is 6.05. The van der Waals surface area contributed by atoms with Crippen LogP contribution in [0.1, 0.15) is 64.3 Å². The fraction of sp³-hybridized carbons (Fsp3) is 0.409. The van der Waals surface area contributed by atoms with Gasteiger partial charge in [-0.05, 0) is 25.3 Å². The largest absolute Gasteiger partial charge is 0.491 e. The standard InChI is InChI=1S/C22H23F2N3O4/c1-4-26-10-14-7-11(2)17-16(19(28)20(31-3)18(22(26)30)27(14)17)21(29)25-9-12-5-6-13(23)8-15(12)24/h5-6,8,11,14H,4,7,9-10H2,1-3H3,(H,25,29). The summed E-state index contributed by atoms with van der Waals surface area (Å²) in [6, 6.07) is 3.00. The van der Waals surface area contributed by atoms with Crippen molar-refractivity contribution in [3.8, 4) is 5.75 Å². The molecular formula is C22H23F2N3O4. The van der Waals surface area contributed by atoms with Crippen LogP contribution in [-0.2, 0) is 6.54 Å². The maximum Gasteiger partial charge on any atom is 0.274 e. The third-order valence-corrected chi connectivity index (χ3v) is 6.05. The minimum Gasteiger partial charge on any atom is -0.491 e. The lowest BCUT2D eigenvalue weighted by Crippen LogP contribution is -2.44. The van der Waals surface area contributed by atoms with Crippen molar-refractivity contribution in [2.45, 2.75) is 38.8 Å². The zero-order valence-corrected chi connectivity index (χ0v) is 17.5. The highest BCUT2D eigenvalue weighted by Gasteiger charge is 2.43. The molecule has 0 aliphatic carbocycles. The first-order valence-corrected chi connectivity index (χ1v) is 10.2. The summed E-state index contributed by atoms with van der Waals surface area (Å²) in [6.07, 6.45) is 0.677. The van der Waals surface area contributed by atoms with E-state index in [1.165, 1.54) is 13.2 Å². The zero-order valence-electron chi connectivity index (χ0n) is 17.5. The number of pyridine rings is 1. The third kappa shape index (κ3) is 3.28. The Morgan fingerprint density at radius 1 is 1.29 bits per heavy atom. The lowest BCUT2D eigenvalue weighted by atomic mass is 9.99. The molecule has 2 atom stereocenters. The van der Waals surface area contributed by atoms with E-state index in [9.17, 15) is 23.2 Å². The SMILES string of the molecule is CCN1CC2CC(C)c3c(C(=O)NCc4ccc(F)cc4F)c(=O)c(OC)c(n32)C1=O. The smallest absolute Gasteiger partial charge is 0.274 e. The molecule has 4 rings (SSSR count). The van der Waals surface area contributed by atoms with Gasteiger partial charge in [-0.15, -0.1) is 0 Å². The monoisotopic (exact) mass is 431 g/mol. The summed E-state index contributed by atoms with van der Waals surface area (Å²) < 4.78 is 34.1. The summed E-state index contributed by atoms with van der Waals surface area (Å²) in [5.41, 5.74) is -0.00977. The molecule has 164 valence electrons.